The van der Waals surface area contributed by atoms with E-state index in [2.05, 4.69) is 15.2 Å². The van der Waals surface area contributed by atoms with E-state index in [-0.39, 0.29) is 18.4 Å². The van der Waals surface area contributed by atoms with Crippen molar-refractivity contribution in [3.05, 3.63) is 42.2 Å². The van der Waals surface area contributed by atoms with Crippen LogP contribution >= 0.6 is 0 Å². The first-order valence-electron chi connectivity index (χ1n) is 6.04. The van der Waals surface area contributed by atoms with Crippen LogP contribution in [0, 0.1) is 5.92 Å². The lowest BCUT2D eigenvalue weighted by molar-refractivity contribution is -0.140. The lowest BCUT2D eigenvalue weighted by atomic mass is 10.1. The maximum absolute atomic E-state index is 12.4. The summed E-state index contributed by atoms with van der Waals surface area (Å²) in [5.74, 6) is -1.79. The Morgan fingerprint density at radius 3 is 2.60 bits per heavy atom. The number of aliphatic carboxylic acids is 1. The van der Waals surface area contributed by atoms with E-state index in [1.165, 1.54) is 18.2 Å². The van der Waals surface area contributed by atoms with Crippen LogP contribution in [0.15, 0.2) is 36.7 Å². The summed E-state index contributed by atoms with van der Waals surface area (Å²) >= 11 is 0. The van der Waals surface area contributed by atoms with E-state index < -0.39 is 11.9 Å². The number of hydrogen-bond donors (Lipinski definition) is 2. The van der Waals surface area contributed by atoms with Gasteiger partial charge >= 0.3 is 5.97 Å². The number of anilines is 1. The molecule has 0 spiro atoms. The van der Waals surface area contributed by atoms with Crippen molar-refractivity contribution < 1.29 is 14.7 Å². The van der Waals surface area contributed by atoms with Crippen LogP contribution in [0.1, 0.15) is 17.3 Å². The molecule has 0 aliphatic heterocycles. The highest BCUT2D eigenvalue weighted by Gasteiger charge is 2.24. The van der Waals surface area contributed by atoms with Crippen molar-refractivity contribution >= 4 is 17.8 Å². The number of benzene rings is 1. The second-order valence-corrected chi connectivity index (χ2v) is 4.33. The molecular formula is C13H14N4O3. The van der Waals surface area contributed by atoms with Gasteiger partial charge in [-0.1, -0.05) is 25.1 Å². The number of aromatic nitrogens is 3. The molecule has 1 heterocycles. The molecule has 0 aliphatic carbocycles. The van der Waals surface area contributed by atoms with Crippen LogP contribution in [0.25, 0.3) is 0 Å². The fourth-order valence-corrected chi connectivity index (χ4v) is 1.68. The van der Waals surface area contributed by atoms with Crippen LogP contribution in [0.4, 0.5) is 5.95 Å². The van der Waals surface area contributed by atoms with Crippen LogP contribution in [0.2, 0.25) is 0 Å². The SMILES string of the molecule is CC(CN(C(=O)c1ccccc1)c1ncn[nH]1)C(=O)O. The van der Waals surface area contributed by atoms with Crippen molar-refractivity contribution in [2.75, 3.05) is 11.4 Å². The molecule has 1 aromatic carbocycles. The minimum atomic E-state index is -0.977. The molecule has 1 atom stereocenters. The summed E-state index contributed by atoms with van der Waals surface area (Å²) in [6.45, 7) is 1.54. The number of carbonyl (C=O) groups is 2. The molecule has 7 heteroatoms. The smallest absolute Gasteiger partial charge is 0.308 e. The molecule has 0 radical (unpaired) electrons. The van der Waals surface area contributed by atoms with Crippen molar-refractivity contribution in [1.29, 1.82) is 0 Å². The Bertz CT molecular complexity index is 583. The number of carbonyl (C=O) groups excluding carboxylic acids is 1. The highest BCUT2D eigenvalue weighted by Crippen LogP contribution is 2.14. The number of carboxylic acids is 1. The van der Waals surface area contributed by atoms with E-state index in [4.69, 9.17) is 5.11 Å². The number of H-pyrrole nitrogens is 1. The first-order chi connectivity index (χ1) is 9.59. The highest BCUT2D eigenvalue weighted by atomic mass is 16.4. The van der Waals surface area contributed by atoms with E-state index in [1.807, 2.05) is 0 Å². The predicted octanol–water partition coefficient (Wildman–Crippen LogP) is 1.17. The first-order valence-corrected chi connectivity index (χ1v) is 6.04. The Labute approximate surface area is 115 Å². The third kappa shape index (κ3) is 3.00. The van der Waals surface area contributed by atoms with E-state index in [0.29, 0.717) is 5.56 Å². The second-order valence-electron chi connectivity index (χ2n) is 4.33. The summed E-state index contributed by atoms with van der Waals surface area (Å²) in [4.78, 5) is 28.6. The molecule has 7 nitrogen and oxygen atoms in total. The number of rotatable bonds is 5. The van der Waals surface area contributed by atoms with Crippen molar-refractivity contribution in [3.8, 4) is 0 Å². The summed E-state index contributed by atoms with van der Waals surface area (Å²) < 4.78 is 0. The van der Waals surface area contributed by atoms with Gasteiger partial charge in [-0.2, -0.15) is 10.1 Å². The zero-order valence-corrected chi connectivity index (χ0v) is 10.9. The number of aromatic amines is 1. The Balaban J connectivity index is 2.28. The summed E-state index contributed by atoms with van der Waals surface area (Å²) in [7, 11) is 0. The Morgan fingerprint density at radius 2 is 2.05 bits per heavy atom. The third-order valence-electron chi connectivity index (χ3n) is 2.80. The van der Waals surface area contributed by atoms with Gasteiger partial charge in [-0.25, -0.2) is 5.10 Å². The minimum absolute atomic E-state index is 0.0122. The molecule has 0 fully saturated rings. The summed E-state index contributed by atoms with van der Waals surface area (Å²) in [6.07, 6.45) is 1.27. The van der Waals surface area contributed by atoms with Gasteiger partial charge in [0.25, 0.3) is 5.91 Å². The fourth-order valence-electron chi connectivity index (χ4n) is 1.68. The van der Waals surface area contributed by atoms with Crippen LogP contribution in [-0.2, 0) is 4.79 Å². The summed E-state index contributed by atoms with van der Waals surface area (Å²) in [5, 5.41) is 15.3. The number of carboxylic acid groups (broad SMARTS) is 1. The predicted molar refractivity (Wildman–Crippen MR) is 71.3 cm³/mol. The van der Waals surface area contributed by atoms with Gasteiger partial charge in [-0.15, -0.1) is 0 Å². The topological polar surface area (TPSA) is 99.2 Å². The fraction of sp³-hybridized carbons (Fsp3) is 0.231. The normalized spacial score (nSPS) is 11.8. The van der Waals surface area contributed by atoms with Crippen molar-refractivity contribution in [3.63, 3.8) is 0 Å². The second kappa shape index (κ2) is 5.96. The molecule has 0 saturated carbocycles. The molecule has 0 aliphatic rings. The van der Waals surface area contributed by atoms with E-state index in [0.717, 1.165) is 0 Å². The van der Waals surface area contributed by atoms with Crippen LogP contribution in [0.3, 0.4) is 0 Å². The largest absolute Gasteiger partial charge is 0.481 e. The molecule has 2 rings (SSSR count). The minimum Gasteiger partial charge on any atom is -0.481 e. The average molecular weight is 274 g/mol. The molecule has 1 aromatic heterocycles. The molecular weight excluding hydrogens is 260 g/mol. The molecule has 0 bridgehead atoms. The number of nitrogens with one attached hydrogen (secondary N) is 1. The van der Waals surface area contributed by atoms with Crippen molar-refractivity contribution in [1.82, 2.24) is 15.2 Å². The quantitative estimate of drug-likeness (QED) is 0.852. The Kier molecular flexibility index (Phi) is 4.09. The summed E-state index contributed by atoms with van der Waals surface area (Å²) in [6, 6.07) is 8.61. The lowest BCUT2D eigenvalue weighted by Gasteiger charge is -2.21. The van der Waals surface area contributed by atoms with E-state index in [9.17, 15) is 9.59 Å². The molecule has 2 N–H and O–H groups in total. The maximum atomic E-state index is 12.4. The standard InChI is InChI=1S/C13H14N4O3/c1-9(12(19)20)7-17(13-14-8-15-16-13)11(18)10-5-3-2-4-6-10/h2-6,8-9H,7H2,1H3,(H,19,20)(H,14,15,16). The number of hydrogen-bond acceptors (Lipinski definition) is 4. The van der Waals surface area contributed by atoms with Gasteiger partial charge in [0.15, 0.2) is 0 Å². The Morgan fingerprint density at radius 1 is 1.35 bits per heavy atom. The van der Waals surface area contributed by atoms with Gasteiger partial charge in [-0.05, 0) is 12.1 Å². The monoisotopic (exact) mass is 274 g/mol. The zero-order valence-electron chi connectivity index (χ0n) is 10.9. The highest BCUT2D eigenvalue weighted by molar-refractivity contribution is 6.05. The Hall–Kier alpha value is -2.70. The van der Waals surface area contributed by atoms with Crippen molar-refractivity contribution in [2.45, 2.75) is 6.92 Å². The third-order valence-corrected chi connectivity index (χ3v) is 2.80. The van der Waals surface area contributed by atoms with Gasteiger partial charge in [0.1, 0.15) is 6.33 Å². The van der Waals surface area contributed by atoms with Gasteiger partial charge < -0.3 is 5.11 Å². The molecule has 104 valence electrons. The van der Waals surface area contributed by atoms with Gasteiger partial charge in [-0.3, -0.25) is 14.5 Å². The van der Waals surface area contributed by atoms with E-state index >= 15 is 0 Å². The van der Waals surface area contributed by atoms with Crippen molar-refractivity contribution in [2.24, 2.45) is 5.92 Å². The first kappa shape index (κ1) is 13.7. The number of nitrogens with zero attached hydrogens (tertiary/aromatic N) is 3. The van der Waals surface area contributed by atoms with Gasteiger partial charge in [0.05, 0.1) is 5.92 Å². The zero-order chi connectivity index (χ0) is 14.5. The molecule has 1 unspecified atom stereocenters. The molecule has 0 saturated heterocycles. The van der Waals surface area contributed by atoms with Crippen LogP contribution < -0.4 is 4.90 Å². The van der Waals surface area contributed by atoms with E-state index in [1.54, 1.807) is 30.3 Å². The van der Waals surface area contributed by atoms with Crippen LogP contribution in [-0.4, -0.2) is 38.7 Å². The molecule has 2 aromatic rings. The average Bonchev–Trinajstić information content (AvgIpc) is 2.98. The van der Waals surface area contributed by atoms with Gasteiger partial charge in [0, 0.05) is 12.1 Å². The van der Waals surface area contributed by atoms with Gasteiger partial charge in [0.2, 0.25) is 5.95 Å². The van der Waals surface area contributed by atoms with Crippen LogP contribution in [0.5, 0.6) is 0 Å². The molecule has 20 heavy (non-hydrogen) atoms. The maximum Gasteiger partial charge on any atom is 0.308 e. The summed E-state index contributed by atoms with van der Waals surface area (Å²) in [5.41, 5.74) is 0.460. The lowest BCUT2D eigenvalue weighted by Crippen LogP contribution is -2.37. The molecule has 1 amide bonds. The number of amides is 1.